The van der Waals surface area contributed by atoms with E-state index in [9.17, 15) is 18.8 Å². The lowest BCUT2D eigenvalue weighted by molar-refractivity contribution is -0.116. The van der Waals surface area contributed by atoms with Crippen LogP contribution in [0.2, 0.25) is 5.02 Å². The highest BCUT2D eigenvalue weighted by Gasteiger charge is 2.18. The summed E-state index contributed by atoms with van der Waals surface area (Å²) < 4.78 is 17.6. The number of nitrogens with one attached hydrogen (secondary N) is 1. The highest BCUT2D eigenvalue weighted by atomic mass is 35.5. The highest BCUT2D eigenvalue weighted by Crippen LogP contribution is 2.27. The standard InChI is InChI=1S/C19H18ClFN2O4/c1-12(24)23(17-11-14(19(26)27-2)5-8-16(17)20)10-9-22-18(25)13-3-6-15(21)7-4-13/h3-8,11H,9-10H2,1-2H3,(H,22,25). The Bertz CT molecular complexity index is 855. The van der Waals surface area contributed by atoms with E-state index in [1.165, 1.54) is 61.4 Å². The van der Waals surface area contributed by atoms with Crippen molar-refractivity contribution in [2.45, 2.75) is 6.92 Å². The van der Waals surface area contributed by atoms with Gasteiger partial charge in [0.05, 0.1) is 23.4 Å². The number of amides is 2. The maximum Gasteiger partial charge on any atom is 0.337 e. The Kier molecular flexibility index (Phi) is 6.90. The minimum atomic E-state index is -0.555. The maximum atomic E-state index is 12.9. The number of nitrogens with zero attached hydrogens (tertiary/aromatic N) is 1. The molecule has 142 valence electrons. The van der Waals surface area contributed by atoms with Gasteiger partial charge in [0.1, 0.15) is 5.82 Å². The second-order valence-electron chi connectivity index (χ2n) is 5.59. The van der Waals surface area contributed by atoms with Crippen molar-refractivity contribution in [3.05, 3.63) is 64.4 Å². The first kappa shape index (κ1) is 20.4. The van der Waals surface area contributed by atoms with Gasteiger partial charge in [0.25, 0.3) is 5.91 Å². The molecule has 0 unspecified atom stereocenters. The summed E-state index contributed by atoms with van der Waals surface area (Å²) >= 11 is 6.17. The molecule has 2 aromatic carbocycles. The number of halogens is 2. The summed E-state index contributed by atoms with van der Waals surface area (Å²) in [6.45, 7) is 1.62. The fraction of sp³-hybridized carbons (Fsp3) is 0.211. The summed E-state index contributed by atoms with van der Waals surface area (Å²) in [5.74, 6) is -1.70. The van der Waals surface area contributed by atoms with Gasteiger partial charge in [-0.25, -0.2) is 9.18 Å². The van der Waals surface area contributed by atoms with E-state index >= 15 is 0 Å². The van der Waals surface area contributed by atoms with Gasteiger partial charge in [0.2, 0.25) is 5.91 Å². The lowest BCUT2D eigenvalue weighted by atomic mass is 10.2. The highest BCUT2D eigenvalue weighted by molar-refractivity contribution is 6.34. The minimum absolute atomic E-state index is 0.132. The zero-order valence-electron chi connectivity index (χ0n) is 14.8. The molecule has 6 nitrogen and oxygen atoms in total. The van der Waals surface area contributed by atoms with Crippen LogP contribution < -0.4 is 10.2 Å². The van der Waals surface area contributed by atoms with E-state index < -0.39 is 17.7 Å². The van der Waals surface area contributed by atoms with Crippen LogP contribution in [0.25, 0.3) is 0 Å². The monoisotopic (exact) mass is 392 g/mol. The van der Waals surface area contributed by atoms with Crippen molar-refractivity contribution in [1.82, 2.24) is 5.32 Å². The number of rotatable bonds is 6. The molecular formula is C19H18ClFN2O4. The number of hydrogen-bond acceptors (Lipinski definition) is 4. The predicted octanol–water partition coefficient (Wildman–Crippen LogP) is 3.05. The minimum Gasteiger partial charge on any atom is -0.465 e. The largest absolute Gasteiger partial charge is 0.465 e. The molecule has 0 heterocycles. The molecule has 2 amide bonds. The van der Waals surface area contributed by atoms with Gasteiger partial charge < -0.3 is 15.0 Å². The van der Waals surface area contributed by atoms with Crippen molar-refractivity contribution in [3.8, 4) is 0 Å². The SMILES string of the molecule is COC(=O)c1ccc(Cl)c(N(CCNC(=O)c2ccc(F)cc2)C(C)=O)c1. The summed E-state index contributed by atoms with van der Waals surface area (Å²) in [6.07, 6.45) is 0. The first-order valence-corrected chi connectivity index (χ1v) is 8.41. The molecule has 0 bridgehead atoms. The first-order chi connectivity index (χ1) is 12.8. The second-order valence-corrected chi connectivity index (χ2v) is 6.00. The van der Waals surface area contributed by atoms with Crippen LogP contribution in [0.15, 0.2) is 42.5 Å². The van der Waals surface area contributed by atoms with E-state index in [1.807, 2.05) is 0 Å². The summed E-state index contributed by atoms with van der Waals surface area (Å²) in [4.78, 5) is 37.1. The number of anilines is 1. The van der Waals surface area contributed by atoms with Crippen molar-refractivity contribution >= 4 is 35.1 Å². The van der Waals surface area contributed by atoms with E-state index in [1.54, 1.807) is 0 Å². The average Bonchev–Trinajstić information content (AvgIpc) is 2.65. The number of benzene rings is 2. The van der Waals surface area contributed by atoms with Crippen LogP contribution in [0, 0.1) is 5.82 Å². The summed E-state index contributed by atoms with van der Waals surface area (Å²) in [6, 6.07) is 9.55. The quantitative estimate of drug-likeness (QED) is 0.767. The molecule has 0 aliphatic carbocycles. The molecule has 0 saturated carbocycles. The Hall–Kier alpha value is -2.93. The molecule has 2 aromatic rings. The zero-order chi connectivity index (χ0) is 20.0. The molecule has 0 fully saturated rings. The summed E-state index contributed by atoms with van der Waals surface area (Å²) in [5, 5.41) is 2.93. The number of hydrogen-bond donors (Lipinski definition) is 1. The van der Waals surface area contributed by atoms with Crippen molar-refractivity contribution in [1.29, 1.82) is 0 Å². The van der Waals surface area contributed by atoms with Crippen LogP contribution >= 0.6 is 11.6 Å². The summed E-state index contributed by atoms with van der Waals surface area (Å²) in [5.41, 5.74) is 0.887. The Labute approximate surface area is 160 Å². The molecule has 0 saturated heterocycles. The van der Waals surface area contributed by atoms with E-state index in [0.717, 1.165) is 0 Å². The number of ether oxygens (including phenoxy) is 1. The Morgan fingerprint density at radius 2 is 1.74 bits per heavy atom. The van der Waals surface area contributed by atoms with Gasteiger partial charge in [-0.3, -0.25) is 9.59 Å². The molecule has 0 aromatic heterocycles. The molecule has 2 rings (SSSR count). The average molecular weight is 393 g/mol. The molecule has 0 aliphatic heterocycles. The fourth-order valence-corrected chi connectivity index (χ4v) is 2.62. The Morgan fingerprint density at radius 1 is 1.11 bits per heavy atom. The third-order valence-electron chi connectivity index (χ3n) is 3.77. The van der Waals surface area contributed by atoms with Crippen molar-refractivity contribution in [2.24, 2.45) is 0 Å². The molecule has 0 radical (unpaired) electrons. The van der Waals surface area contributed by atoms with E-state index in [-0.39, 0.29) is 29.6 Å². The van der Waals surface area contributed by atoms with Gasteiger partial charge in [-0.05, 0) is 42.5 Å². The number of esters is 1. The van der Waals surface area contributed by atoms with Crippen LogP contribution in [-0.4, -0.2) is 38.0 Å². The zero-order valence-corrected chi connectivity index (χ0v) is 15.5. The number of carbonyl (C=O) groups is 3. The Balaban J connectivity index is 2.10. The van der Waals surface area contributed by atoms with Crippen molar-refractivity contribution in [3.63, 3.8) is 0 Å². The number of methoxy groups -OCH3 is 1. The van der Waals surface area contributed by atoms with Crippen LogP contribution in [0.3, 0.4) is 0 Å². The molecular weight excluding hydrogens is 375 g/mol. The number of carbonyl (C=O) groups excluding carboxylic acids is 3. The fourth-order valence-electron chi connectivity index (χ4n) is 2.40. The van der Waals surface area contributed by atoms with Crippen LogP contribution in [-0.2, 0) is 9.53 Å². The second kappa shape index (κ2) is 9.14. The smallest absolute Gasteiger partial charge is 0.337 e. The molecule has 0 atom stereocenters. The Morgan fingerprint density at radius 3 is 2.33 bits per heavy atom. The van der Waals surface area contributed by atoms with Crippen LogP contribution in [0.4, 0.5) is 10.1 Å². The molecule has 1 N–H and O–H groups in total. The molecule has 8 heteroatoms. The third kappa shape index (κ3) is 5.27. The molecule has 0 spiro atoms. The van der Waals surface area contributed by atoms with Gasteiger partial charge in [0.15, 0.2) is 0 Å². The first-order valence-electron chi connectivity index (χ1n) is 8.03. The van der Waals surface area contributed by atoms with Crippen LogP contribution in [0.5, 0.6) is 0 Å². The topological polar surface area (TPSA) is 75.7 Å². The van der Waals surface area contributed by atoms with E-state index in [2.05, 4.69) is 10.1 Å². The van der Waals surface area contributed by atoms with Gasteiger partial charge in [-0.15, -0.1) is 0 Å². The predicted molar refractivity (Wildman–Crippen MR) is 99.6 cm³/mol. The lowest BCUT2D eigenvalue weighted by Gasteiger charge is -2.23. The maximum absolute atomic E-state index is 12.9. The van der Waals surface area contributed by atoms with E-state index in [4.69, 9.17) is 11.6 Å². The lowest BCUT2D eigenvalue weighted by Crippen LogP contribution is -2.37. The third-order valence-corrected chi connectivity index (χ3v) is 4.09. The van der Waals surface area contributed by atoms with E-state index in [0.29, 0.717) is 11.3 Å². The van der Waals surface area contributed by atoms with Gasteiger partial charge in [-0.2, -0.15) is 0 Å². The van der Waals surface area contributed by atoms with Crippen molar-refractivity contribution < 1.29 is 23.5 Å². The van der Waals surface area contributed by atoms with Gasteiger partial charge in [-0.1, -0.05) is 11.6 Å². The van der Waals surface area contributed by atoms with Crippen molar-refractivity contribution in [2.75, 3.05) is 25.1 Å². The molecule has 27 heavy (non-hydrogen) atoms. The van der Waals surface area contributed by atoms with Gasteiger partial charge >= 0.3 is 5.97 Å². The summed E-state index contributed by atoms with van der Waals surface area (Å²) in [7, 11) is 1.25. The molecule has 0 aliphatic rings. The normalized spacial score (nSPS) is 10.2. The van der Waals surface area contributed by atoms with Gasteiger partial charge in [0, 0.05) is 25.6 Å². The van der Waals surface area contributed by atoms with Crippen LogP contribution in [0.1, 0.15) is 27.6 Å².